The number of aliphatic hydroxyl groups is 3. The van der Waals surface area contributed by atoms with E-state index in [4.69, 9.17) is 14.2 Å². The number of carbonyl (C=O) groups is 1. The van der Waals surface area contributed by atoms with E-state index in [0.29, 0.717) is 12.2 Å². The lowest BCUT2D eigenvalue weighted by atomic mass is 9.99. The molecule has 8 heteroatoms. The monoisotopic (exact) mass is 384 g/mol. The molecule has 0 aromatic heterocycles. The zero-order valence-corrected chi connectivity index (χ0v) is 16.4. The molecule has 3 N–H and O–H groups in total. The van der Waals surface area contributed by atoms with Crippen LogP contribution in [0.1, 0.15) is 10.4 Å². The quantitative estimate of drug-likeness (QED) is 0.476. The summed E-state index contributed by atoms with van der Waals surface area (Å²) in [5.41, 5.74) is 0.367. The maximum atomic E-state index is 12.0. The minimum absolute atomic E-state index is 0.287. The molecule has 146 valence electrons. The highest BCUT2D eigenvalue weighted by Crippen LogP contribution is 2.23. The first-order valence-corrected chi connectivity index (χ1v) is 12.4. The van der Waals surface area contributed by atoms with Gasteiger partial charge in [0.05, 0.1) is 5.56 Å². The van der Waals surface area contributed by atoms with Crippen LogP contribution >= 0.6 is 0 Å². The van der Waals surface area contributed by atoms with Crippen LogP contribution in [0.2, 0.25) is 25.7 Å². The molecular formula is C18H28O7Si. The minimum atomic E-state index is -1.41. The zero-order valence-electron chi connectivity index (χ0n) is 15.4. The molecule has 2 rings (SSSR count). The van der Waals surface area contributed by atoms with Crippen LogP contribution in [-0.4, -0.2) is 73.3 Å². The van der Waals surface area contributed by atoms with Crippen molar-refractivity contribution in [3.63, 3.8) is 0 Å². The van der Waals surface area contributed by atoms with Gasteiger partial charge in [-0.1, -0.05) is 37.8 Å². The Morgan fingerprint density at radius 1 is 1.12 bits per heavy atom. The third-order valence-corrected chi connectivity index (χ3v) is 5.92. The van der Waals surface area contributed by atoms with Crippen molar-refractivity contribution in [3.05, 3.63) is 35.9 Å². The number of carbonyl (C=O) groups excluding carboxylic acids is 1. The topological polar surface area (TPSA) is 105 Å². The Morgan fingerprint density at radius 2 is 1.77 bits per heavy atom. The maximum Gasteiger partial charge on any atom is 0.338 e. The number of esters is 1. The van der Waals surface area contributed by atoms with Crippen molar-refractivity contribution in [1.29, 1.82) is 0 Å². The fourth-order valence-corrected chi connectivity index (χ4v) is 3.29. The van der Waals surface area contributed by atoms with Crippen molar-refractivity contribution in [1.82, 2.24) is 0 Å². The molecule has 5 atom stereocenters. The van der Waals surface area contributed by atoms with Crippen molar-refractivity contribution in [2.45, 2.75) is 56.4 Å². The van der Waals surface area contributed by atoms with Gasteiger partial charge in [-0.15, -0.1) is 0 Å². The lowest BCUT2D eigenvalue weighted by Gasteiger charge is -2.40. The van der Waals surface area contributed by atoms with Crippen molar-refractivity contribution in [2.24, 2.45) is 0 Å². The Bertz CT molecular complexity index is 575. The van der Waals surface area contributed by atoms with Gasteiger partial charge in [-0.3, -0.25) is 0 Å². The molecule has 1 fully saturated rings. The molecule has 1 saturated heterocycles. The van der Waals surface area contributed by atoms with Gasteiger partial charge in [0.1, 0.15) is 31.0 Å². The Balaban J connectivity index is 1.86. The summed E-state index contributed by atoms with van der Waals surface area (Å²) in [6.45, 7) is 6.65. The van der Waals surface area contributed by atoms with Crippen LogP contribution in [0.5, 0.6) is 0 Å². The number of aliphatic hydroxyl groups excluding tert-OH is 3. The largest absolute Gasteiger partial charge is 0.459 e. The number of hydrogen-bond donors (Lipinski definition) is 3. The molecule has 7 nitrogen and oxygen atoms in total. The highest BCUT2D eigenvalue weighted by molar-refractivity contribution is 6.76. The van der Waals surface area contributed by atoms with E-state index in [-0.39, 0.29) is 6.61 Å². The van der Waals surface area contributed by atoms with Crippen LogP contribution in [-0.2, 0) is 14.2 Å². The van der Waals surface area contributed by atoms with E-state index < -0.39 is 44.7 Å². The SMILES string of the molecule is C[Si](C)(C)CCO[C@@H]1[C@@H](O)[C@H](O)[C@@H](COC(=O)c2ccccc2)O[C@@H]1O. The molecule has 26 heavy (non-hydrogen) atoms. The Morgan fingerprint density at radius 3 is 2.38 bits per heavy atom. The molecule has 0 aliphatic carbocycles. The van der Waals surface area contributed by atoms with E-state index in [2.05, 4.69) is 19.6 Å². The summed E-state index contributed by atoms with van der Waals surface area (Å²) in [5.74, 6) is -0.570. The third-order valence-electron chi connectivity index (χ3n) is 4.21. The standard InChI is InChI=1S/C18H28O7Si/c1-26(2,3)10-9-23-16-15(20)14(19)13(25-18(16)22)11-24-17(21)12-7-5-4-6-8-12/h4-8,13-16,18-20,22H,9-11H2,1-3H3/t13-,14-,15+,16-,18+/m1/s1. The van der Waals surface area contributed by atoms with Crippen LogP contribution in [0.3, 0.4) is 0 Å². The smallest absolute Gasteiger partial charge is 0.338 e. The van der Waals surface area contributed by atoms with Gasteiger partial charge in [0, 0.05) is 14.7 Å². The molecule has 0 bridgehead atoms. The molecule has 0 saturated carbocycles. The fraction of sp³-hybridized carbons (Fsp3) is 0.611. The fourth-order valence-electron chi connectivity index (χ4n) is 2.56. The molecule has 1 aliphatic rings. The highest BCUT2D eigenvalue weighted by Gasteiger charge is 2.45. The first-order chi connectivity index (χ1) is 12.2. The lowest BCUT2D eigenvalue weighted by molar-refractivity contribution is -0.295. The second kappa shape index (κ2) is 9.07. The van der Waals surface area contributed by atoms with Gasteiger partial charge >= 0.3 is 5.97 Å². The molecule has 1 aromatic rings. The summed E-state index contributed by atoms with van der Waals surface area (Å²) in [6.07, 6.45) is -6.15. The molecule has 1 heterocycles. The van der Waals surface area contributed by atoms with Gasteiger partial charge in [-0.25, -0.2) is 4.79 Å². The van der Waals surface area contributed by atoms with Crippen LogP contribution in [0, 0.1) is 0 Å². The molecule has 1 aliphatic heterocycles. The third kappa shape index (κ3) is 5.87. The highest BCUT2D eigenvalue weighted by atomic mass is 28.3. The summed E-state index contributed by atoms with van der Waals surface area (Å²) in [6, 6.07) is 9.26. The van der Waals surface area contributed by atoms with Crippen LogP contribution in [0.15, 0.2) is 30.3 Å². The van der Waals surface area contributed by atoms with Gasteiger partial charge in [0.25, 0.3) is 0 Å². The van der Waals surface area contributed by atoms with E-state index in [1.807, 2.05) is 0 Å². The van der Waals surface area contributed by atoms with Crippen LogP contribution < -0.4 is 0 Å². The zero-order chi connectivity index (χ0) is 19.3. The van der Waals surface area contributed by atoms with E-state index >= 15 is 0 Å². The van der Waals surface area contributed by atoms with Crippen molar-refractivity contribution in [2.75, 3.05) is 13.2 Å². The van der Waals surface area contributed by atoms with Crippen LogP contribution in [0.4, 0.5) is 0 Å². The normalized spacial score (nSPS) is 29.4. The Hall–Kier alpha value is -1.29. The van der Waals surface area contributed by atoms with Gasteiger partial charge < -0.3 is 29.5 Å². The van der Waals surface area contributed by atoms with Gasteiger partial charge in [-0.05, 0) is 18.2 Å². The first kappa shape index (κ1) is 21.0. The van der Waals surface area contributed by atoms with E-state index in [1.165, 1.54) is 0 Å². The van der Waals surface area contributed by atoms with E-state index in [9.17, 15) is 20.1 Å². The first-order valence-electron chi connectivity index (χ1n) is 8.72. The summed E-state index contributed by atoms with van der Waals surface area (Å²) in [4.78, 5) is 12.0. The van der Waals surface area contributed by atoms with Crippen molar-refractivity contribution >= 4 is 14.0 Å². The molecule has 0 unspecified atom stereocenters. The number of ether oxygens (including phenoxy) is 3. The van der Waals surface area contributed by atoms with E-state index in [0.717, 1.165) is 6.04 Å². The predicted molar refractivity (Wildman–Crippen MR) is 97.5 cm³/mol. The van der Waals surface area contributed by atoms with Crippen molar-refractivity contribution < 1.29 is 34.3 Å². The molecule has 1 aromatic carbocycles. The number of benzene rings is 1. The molecular weight excluding hydrogens is 356 g/mol. The summed E-state index contributed by atoms with van der Waals surface area (Å²) < 4.78 is 16.0. The Kier molecular flexibility index (Phi) is 7.33. The summed E-state index contributed by atoms with van der Waals surface area (Å²) in [7, 11) is -1.32. The summed E-state index contributed by atoms with van der Waals surface area (Å²) in [5, 5.41) is 30.6. The minimum Gasteiger partial charge on any atom is -0.459 e. The lowest BCUT2D eigenvalue weighted by Crippen LogP contribution is -2.59. The maximum absolute atomic E-state index is 12.0. The molecule has 0 amide bonds. The van der Waals surface area contributed by atoms with E-state index in [1.54, 1.807) is 30.3 Å². The van der Waals surface area contributed by atoms with Gasteiger partial charge in [-0.2, -0.15) is 0 Å². The predicted octanol–water partition coefficient (Wildman–Crippen LogP) is 1.01. The average Bonchev–Trinajstić information content (AvgIpc) is 2.59. The van der Waals surface area contributed by atoms with Gasteiger partial charge in [0.15, 0.2) is 6.29 Å². The van der Waals surface area contributed by atoms with Crippen molar-refractivity contribution in [3.8, 4) is 0 Å². The summed E-state index contributed by atoms with van der Waals surface area (Å²) >= 11 is 0. The number of hydrogen-bond acceptors (Lipinski definition) is 7. The number of rotatable bonds is 7. The van der Waals surface area contributed by atoms with Crippen LogP contribution in [0.25, 0.3) is 0 Å². The second-order valence-corrected chi connectivity index (χ2v) is 13.3. The second-order valence-electron chi connectivity index (χ2n) is 7.66. The average molecular weight is 385 g/mol. The Labute approximate surface area is 154 Å². The molecule has 0 radical (unpaired) electrons. The molecule has 0 spiro atoms. The van der Waals surface area contributed by atoms with Gasteiger partial charge in [0.2, 0.25) is 0 Å².